The number of aromatic nitrogens is 2. The molecule has 8 nitrogen and oxygen atoms in total. The molecule has 1 aliphatic carbocycles. The number of alkyl halides is 3. The lowest BCUT2D eigenvalue weighted by Crippen LogP contribution is -2.49. The van der Waals surface area contributed by atoms with Crippen LogP contribution in [0.5, 0.6) is 0 Å². The van der Waals surface area contributed by atoms with E-state index in [1.807, 2.05) is 22.9 Å². The highest BCUT2D eigenvalue weighted by Crippen LogP contribution is 2.39. The first-order valence-corrected chi connectivity index (χ1v) is 13.4. The van der Waals surface area contributed by atoms with Gasteiger partial charge < -0.3 is 19.1 Å². The summed E-state index contributed by atoms with van der Waals surface area (Å²) in [6.45, 7) is 5.21. The smallest absolute Gasteiger partial charge is 0.416 e. The summed E-state index contributed by atoms with van der Waals surface area (Å²) in [5, 5.41) is 4.72. The average molecular weight is 542 g/mol. The summed E-state index contributed by atoms with van der Waals surface area (Å²) in [6.07, 6.45) is 0.910. The van der Waals surface area contributed by atoms with E-state index in [9.17, 15) is 22.8 Å². The Morgan fingerprint density at radius 2 is 1.74 bits per heavy atom. The topological polar surface area (TPSA) is 74.8 Å². The normalized spacial score (nSPS) is 17.4. The minimum atomic E-state index is -4.39. The van der Waals surface area contributed by atoms with Crippen LogP contribution in [0.1, 0.15) is 45.8 Å². The lowest BCUT2D eigenvalue weighted by molar-refractivity contribution is -0.137. The maximum atomic E-state index is 13.1. The molecule has 2 amide bonds. The van der Waals surface area contributed by atoms with Crippen LogP contribution in [0, 0.1) is 6.92 Å². The van der Waals surface area contributed by atoms with Crippen LogP contribution in [0.25, 0.3) is 11.3 Å². The molecular weight excluding hydrogens is 511 g/mol. The minimum absolute atomic E-state index is 0.0696. The van der Waals surface area contributed by atoms with E-state index in [2.05, 4.69) is 0 Å². The third kappa shape index (κ3) is 4.79. The SMILES string of the molecule is Cc1c(C(=O)N2CCCC2)oc2c1-c1nn(CC(=O)N3CCN(c4cccc(C(F)(F)F)c4)CC3)cc1CC2. The molecule has 1 aromatic carbocycles. The van der Waals surface area contributed by atoms with Crippen LogP contribution < -0.4 is 4.90 Å². The lowest BCUT2D eigenvalue weighted by atomic mass is 9.93. The third-order valence-electron chi connectivity index (χ3n) is 7.97. The number of furan rings is 1. The molecule has 0 spiro atoms. The molecule has 4 heterocycles. The number of benzene rings is 1. The second-order valence-electron chi connectivity index (χ2n) is 10.5. The fourth-order valence-electron chi connectivity index (χ4n) is 5.84. The van der Waals surface area contributed by atoms with E-state index in [1.165, 1.54) is 6.07 Å². The number of hydrogen-bond acceptors (Lipinski definition) is 5. The van der Waals surface area contributed by atoms with Crippen LogP contribution >= 0.6 is 0 Å². The highest BCUT2D eigenvalue weighted by Gasteiger charge is 2.33. The van der Waals surface area contributed by atoms with Crippen LogP contribution in [-0.2, 0) is 30.4 Å². The number of halogens is 3. The summed E-state index contributed by atoms with van der Waals surface area (Å²) in [5.41, 5.74) is 3.27. The first-order chi connectivity index (χ1) is 18.7. The van der Waals surface area contributed by atoms with Gasteiger partial charge in [-0.15, -0.1) is 0 Å². The molecule has 2 fully saturated rings. The van der Waals surface area contributed by atoms with Crippen molar-refractivity contribution in [1.82, 2.24) is 19.6 Å². The summed E-state index contributed by atoms with van der Waals surface area (Å²) >= 11 is 0. The van der Waals surface area contributed by atoms with Gasteiger partial charge in [0.25, 0.3) is 5.91 Å². The van der Waals surface area contributed by atoms with Gasteiger partial charge in [-0.05, 0) is 49.9 Å². The van der Waals surface area contributed by atoms with Crippen molar-refractivity contribution in [3.8, 4) is 11.3 Å². The largest absolute Gasteiger partial charge is 0.455 e. The van der Waals surface area contributed by atoms with Crippen molar-refractivity contribution in [2.75, 3.05) is 44.2 Å². The molecule has 0 unspecified atom stereocenters. The Kier molecular flexibility index (Phi) is 6.39. The molecule has 3 aromatic rings. The molecule has 2 aliphatic heterocycles. The fourth-order valence-corrected chi connectivity index (χ4v) is 5.84. The molecule has 0 N–H and O–H groups in total. The van der Waals surface area contributed by atoms with Gasteiger partial charge in [0.05, 0.1) is 11.3 Å². The highest BCUT2D eigenvalue weighted by molar-refractivity contribution is 5.95. The van der Waals surface area contributed by atoms with Crippen molar-refractivity contribution >= 4 is 17.5 Å². The number of anilines is 1. The van der Waals surface area contributed by atoms with Crippen LogP contribution in [0.4, 0.5) is 18.9 Å². The van der Waals surface area contributed by atoms with E-state index < -0.39 is 11.7 Å². The number of piperazine rings is 1. The van der Waals surface area contributed by atoms with Gasteiger partial charge >= 0.3 is 6.18 Å². The number of aryl methyl sites for hydroxylation is 2. The summed E-state index contributed by atoms with van der Waals surface area (Å²) < 4.78 is 47.0. The maximum absolute atomic E-state index is 13.1. The van der Waals surface area contributed by atoms with Crippen molar-refractivity contribution in [3.05, 3.63) is 58.7 Å². The zero-order chi connectivity index (χ0) is 27.3. The standard InChI is InChI=1S/C28H30F3N5O3/c1-18-24-22(39-26(18)27(38)35-9-2-3-10-35)8-7-19-16-36(32-25(19)24)17-23(37)34-13-11-33(12-14-34)21-6-4-5-20(15-21)28(29,30)31/h4-6,15-16H,2-3,7-14,17H2,1H3. The van der Waals surface area contributed by atoms with Crippen LogP contribution in [0.15, 0.2) is 34.9 Å². The zero-order valence-corrected chi connectivity index (χ0v) is 21.8. The molecule has 0 saturated carbocycles. The molecule has 6 rings (SSSR count). The van der Waals surface area contributed by atoms with Crippen molar-refractivity contribution in [1.29, 1.82) is 0 Å². The number of likely N-dealkylation sites (tertiary alicyclic amines) is 1. The Bertz CT molecular complexity index is 1410. The molecule has 0 radical (unpaired) electrons. The monoisotopic (exact) mass is 541 g/mol. The van der Waals surface area contributed by atoms with Gasteiger partial charge in [-0.25, -0.2) is 0 Å². The second-order valence-corrected chi connectivity index (χ2v) is 10.5. The Labute approximate surface area is 224 Å². The van der Waals surface area contributed by atoms with Gasteiger partial charge in [0, 0.05) is 68.7 Å². The predicted octanol–water partition coefficient (Wildman–Crippen LogP) is 4.15. The molecule has 11 heteroatoms. The van der Waals surface area contributed by atoms with Crippen molar-refractivity contribution in [3.63, 3.8) is 0 Å². The van der Waals surface area contributed by atoms with Crippen molar-refractivity contribution in [2.24, 2.45) is 0 Å². The quantitative estimate of drug-likeness (QED) is 0.496. The minimum Gasteiger partial charge on any atom is -0.455 e. The Morgan fingerprint density at radius 3 is 2.46 bits per heavy atom. The van der Waals surface area contributed by atoms with Crippen LogP contribution in [-0.4, -0.2) is 70.7 Å². The van der Waals surface area contributed by atoms with Crippen molar-refractivity contribution in [2.45, 2.75) is 45.3 Å². The van der Waals surface area contributed by atoms with E-state index in [4.69, 9.17) is 9.52 Å². The molecule has 206 valence electrons. The maximum Gasteiger partial charge on any atom is 0.416 e. The van der Waals surface area contributed by atoms with E-state index in [-0.39, 0.29) is 18.4 Å². The number of rotatable bonds is 4. The third-order valence-corrected chi connectivity index (χ3v) is 7.97. The number of amides is 2. The summed E-state index contributed by atoms with van der Waals surface area (Å²) in [7, 11) is 0. The van der Waals surface area contributed by atoms with Gasteiger partial charge in [-0.2, -0.15) is 18.3 Å². The number of fused-ring (bicyclic) bond motifs is 3. The fraction of sp³-hybridized carbons (Fsp3) is 0.464. The Morgan fingerprint density at radius 1 is 1.00 bits per heavy atom. The Hall–Kier alpha value is -3.76. The van der Waals surface area contributed by atoms with Crippen LogP contribution in [0.2, 0.25) is 0 Å². The zero-order valence-electron chi connectivity index (χ0n) is 21.8. The predicted molar refractivity (Wildman–Crippen MR) is 137 cm³/mol. The van der Waals surface area contributed by atoms with Gasteiger partial charge in [0.2, 0.25) is 5.91 Å². The number of nitrogens with zero attached hydrogens (tertiary/aromatic N) is 5. The summed E-state index contributed by atoms with van der Waals surface area (Å²) in [6, 6.07) is 5.29. The lowest BCUT2D eigenvalue weighted by Gasteiger charge is -2.36. The van der Waals surface area contributed by atoms with Gasteiger partial charge in [0.1, 0.15) is 12.3 Å². The van der Waals surface area contributed by atoms with Gasteiger partial charge in [-0.1, -0.05) is 6.07 Å². The van der Waals surface area contributed by atoms with E-state index in [0.29, 0.717) is 44.0 Å². The van der Waals surface area contributed by atoms with E-state index in [1.54, 1.807) is 15.6 Å². The second kappa shape index (κ2) is 9.77. The molecule has 0 bridgehead atoms. The number of carbonyl (C=O) groups excluding carboxylic acids is 2. The molecule has 2 saturated heterocycles. The molecule has 2 aromatic heterocycles. The molecular formula is C28H30F3N5O3. The molecule has 0 atom stereocenters. The highest BCUT2D eigenvalue weighted by atomic mass is 19.4. The first kappa shape index (κ1) is 25.5. The molecule has 39 heavy (non-hydrogen) atoms. The van der Waals surface area contributed by atoms with E-state index >= 15 is 0 Å². The van der Waals surface area contributed by atoms with Gasteiger partial charge in [0.15, 0.2) is 5.76 Å². The average Bonchev–Trinajstić information content (AvgIpc) is 3.67. The summed E-state index contributed by atoms with van der Waals surface area (Å²) in [4.78, 5) is 31.5. The van der Waals surface area contributed by atoms with Gasteiger partial charge in [-0.3, -0.25) is 14.3 Å². The van der Waals surface area contributed by atoms with E-state index in [0.717, 1.165) is 72.6 Å². The number of hydrogen-bond donors (Lipinski definition) is 0. The molecule has 3 aliphatic rings. The van der Waals surface area contributed by atoms with Crippen molar-refractivity contribution < 1.29 is 27.2 Å². The van der Waals surface area contributed by atoms with Crippen LogP contribution in [0.3, 0.4) is 0 Å². The first-order valence-electron chi connectivity index (χ1n) is 13.4. The summed E-state index contributed by atoms with van der Waals surface area (Å²) in [5.74, 6) is 0.997. The number of carbonyl (C=O) groups is 2. The Balaban J connectivity index is 1.12.